The summed E-state index contributed by atoms with van der Waals surface area (Å²) in [6.07, 6.45) is -0.382. The minimum Gasteiger partial charge on any atom is -0.478 e. The Balaban J connectivity index is 2.19. The lowest BCUT2D eigenvalue weighted by Crippen LogP contribution is -2.25. The fourth-order valence-corrected chi connectivity index (χ4v) is 1.76. The molecule has 0 spiro atoms. The van der Waals surface area contributed by atoms with Crippen LogP contribution in [0.3, 0.4) is 0 Å². The molecule has 1 aliphatic heterocycles. The first-order valence-corrected chi connectivity index (χ1v) is 5.51. The summed E-state index contributed by atoms with van der Waals surface area (Å²) in [4.78, 5) is 0. The third-order valence-electron chi connectivity index (χ3n) is 2.79. The summed E-state index contributed by atoms with van der Waals surface area (Å²) in [5, 5.41) is 16.9. The fraction of sp³-hybridized carbons (Fsp3) is 0.385. The molecule has 1 aliphatic rings. The lowest BCUT2D eigenvalue weighted by molar-refractivity contribution is 0.279. The smallest absolute Gasteiger partial charge is 0.260 e. The van der Waals surface area contributed by atoms with Gasteiger partial charge in [0, 0.05) is 0 Å². The number of nitrogens with zero attached hydrogens (tertiary/aromatic N) is 1. The lowest BCUT2D eigenvalue weighted by Gasteiger charge is -2.06. The van der Waals surface area contributed by atoms with Gasteiger partial charge in [0.1, 0.15) is 12.2 Å². The van der Waals surface area contributed by atoms with Crippen LogP contribution < -0.4 is 0 Å². The second-order valence-corrected chi connectivity index (χ2v) is 4.02. The maximum atomic E-state index is 9.14. The molecule has 0 radical (unpaired) electrons. The molecule has 1 heterocycles. The molecule has 88 valence electrons. The number of hydrogen-bond donors (Lipinski definition) is 1. The van der Waals surface area contributed by atoms with Gasteiger partial charge in [0.05, 0.1) is 6.61 Å². The quantitative estimate of drug-likeness (QED) is 0.492. The van der Waals surface area contributed by atoms with E-state index in [2.05, 4.69) is 0 Å². The highest BCUT2D eigenvalue weighted by atomic mass is 16.6. The van der Waals surface area contributed by atoms with E-state index < -0.39 is 5.60 Å². The van der Waals surface area contributed by atoms with Crippen LogP contribution in [0.25, 0.3) is 0 Å². The number of aryl methyl sites for hydroxylation is 1. The zero-order valence-corrected chi connectivity index (χ0v) is 9.86. The Morgan fingerprint density at radius 3 is 2.71 bits per heavy atom. The summed E-state index contributed by atoms with van der Waals surface area (Å²) < 4.78 is 10.5. The van der Waals surface area contributed by atoms with Gasteiger partial charge in [-0.15, -0.1) is 0 Å². The molecule has 0 bridgehead atoms. The molecule has 4 nitrogen and oxygen atoms in total. The van der Waals surface area contributed by atoms with Crippen LogP contribution in [0.1, 0.15) is 24.2 Å². The standard InChI is InChI=1S/C13H14N2O2/c1-3-16-12(15)13(8-14)11(17-13)10-6-4-9(2)5-7-10/h4-7,11,15H,3H2,1-2H3/t11-,13+/m1/s1. The van der Waals surface area contributed by atoms with E-state index in [-0.39, 0.29) is 12.0 Å². The number of nitrogens with one attached hydrogen (secondary N) is 1. The first kappa shape index (κ1) is 11.6. The second kappa shape index (κ2) is 4.19. The van der Waals surface area contributed by atoms with Crippen molar-refractivity contribution in [1.82, 2.24) is 0 Å². The van der Waals surface area contributed by atoms with Crippen molar-refractivity contribution in [1.29, 1.82) is 10.7 Å². The molecule has 4 heteroatoms. The first-order valence-electron chi connectivity index (χ1n) is 5.51. The first-order chi connectivity index (χ1) is 8.14. The molecule has 0 amide bonds. The Labute approximate surface area is 100 Å². The van der Waals surface area contributed by atoms with Gasteiger partial charge in [-0.1, -0.05) is 29.8 Å². The van der Waals surface area contributed by atoms with E-state index in [0.717, 1.165) is 11.1 Å². The van der Waals surface area contributed by atoms with E-state index in [1.807, 2.05) is 37.3 Å². The molecule has 0 unspecified atom stereocenters. The van der Waals surface area contributed by atoms with Gasteiger partial charge in [-0.2, -0.15) is 5.26 Å². The molecular formula is C13H14N2O2. The Kier molecular flexibility index (Phi) is 2.86. The lowest BCUT2D eigenvalue weighted by atomic mass is 10.00. The summed E-state index contributed by atoms with van der Waals surface area (Å²) in [6, 6.07) is 9.78. The van der Waals surface area contributed by atoms with Gasteiger partial charge in [0.25, 0.3) is 5.60 Å². The largest absolute Gasteiger partial charge is 0.478 e. The van der Waals surface area contributed by atoms with Gasteiger partial charge in [-0.25, -0.2) is 0 Å². The molecular weight excluding hydrogens is 216 g/mol. The Bertz CT molecular complexity index is 475. The SMILES string of the molecule is CCOC(=N)[C@@]1(C#N)O[C@@H]1c1ccc(C)cc1. The Morgan fingerprint density at radius 2 is 2.18 bits per heavy atom. The molecule has 1 N–H and O–H groups in total. The molecule has 0 saturated carbocycles. The molecule has 2 rings (SSSR count). The fourth-order valence-electron chi connectivity index (χ4n) is 1.76. The zero-order chi connectivity index (χ0) is 12.5. The summed E-state index contributed by atoms with van der Waals surface area (Å²) in [5.41, 5.74) is 0.837. The highest BCUT2D eigenvalue weighted by Crippen LogP contribution is 2.50. The zero-order valence-electron chi connectivity index (χ0n) is 9.86. The summed E-state index contributed by atoms with van der Waals surface area (Å²) in [7, 11) is 0. The average molecular weight is 230 g/mol. The Hall–Kier alpha value is -1.86. The molecule has 1 fully saturated rings. The van der Waals surface area contributed by atoms with Crippen molar-refractivity contribution in [3.05, 3.63) is 35.4 Å². The van der Waals surface area contributed by atoms with Gasteiger partial charge < -0.3 is 9.47 Å². The van der Waals surface area contributed by atoms with Crippen LogP contribution in [0.4, 0.5) is 0 Å². The minimum atomic E-state index is -1.22. The summed E-state index contributed by atoms with van der Waals surface area (Å²) in [5.74, 6) is -0.104. The van der Waals surface area contributed by atoms with Crippen LogP contribution >= 0.6 is 0 Å². The van der Waals surface area contributed by atoms with E-state index in [1.165, 1.54) is 0 Å². The maximum Gasteiger partial charge on any atom is 0.260 e. The number of nitriles is 1. The molecule has 1 saturated heterocycles. The molecule has 2 atom stereocenters. The number of ether oxygens (including phenoxy) is 2. The number of rotatable bonds is 3. The van der Waals surface area contributed by atoms with Crippen molar-refractivity contribution in [2.75, 3.05) is 6.61 Å². The van der Waals surface area contributed by atoms with E-state index >= 15 is 0 Å². The van der Waals surface area contributed by atoms with Crippen LogP contribution in [-0.4, -0.2) is 18.1 Å². The number of benzene rings is 1. The Morgan fingerprint density at radius 1 is 1.53 bits per heavy atom. The topological polar surface area (TPSA) is 69.4 Å². The van der Waals surface area contributed by atoms with Crippen molar-refractivity contribution in [2.45, 2.75) is 25.6 Å². The predicted molar refractivity (Wildman–Crippen MR) is 62.7 cm³/mol. The van der Waals surface area contributed by atoms with Crippen LogP contribution in [0, 0.1) is 23.7 Å². The monoisotopic (exact) mass is 230 g/mol. The summed E-state index contributed by atoms with van der Waals surface area (Å²) >= 11 is 0. The van der Waals surface area contributed by atoms with Gasteiger partial charge in [-0.05, 0) is 19.4 Å². The van der Waals surface area contributed by atoms with E-state index in [0.29, 0.717) is 6.61 Å². The highest BCUT2D eigenvalue weighted by Gasteiger charge is 2.63. The van der Waals surface area contributed by atoms with Crippen molar-refractivity contribution < 1.29 is 9.47 Å². The van der Waals surface area contributed by atoms with Gasteiger partial charge >= 0.3 is 0 Å². The van der Waals surface area contributed by atoms with E-state index in [9.17, 15) is 0 Å². The number of epoxide rings is 1. The molecule has 17 heavy (non-hydrogen) atoms. The van der Waals surface area contributed by atoms with Gasteiger partial charge in [0.2, 0.25) is 5.90 Å². The van der Waals surface area contributed by atoms with Gasteiger partial charge in [-0.3, -0.25) is 5.41 Å². The van der Waals surface area contributed by atoms with Crippen LogP contribution in [-0.2, 0) is 9.47 Å². The molecule has 0 aliphatic carbocycles. The normalized spacial score (nSPS) is 26.1. The minimum absolute atomic E-state index is 0.104. The van der Waals surface area contributed by atoms with Crippen molar-refractivity contribution in [3.63, 3.8) is 0 Å². The third-order valence-corrected chi connectivity index (χ3v) is 2.79. The van der Waals surface area contributed by atoms with Crippen molar-refractivity contribution >= 4 is 5.90 Å². The summed E-state index contributed by atoms with van der Waals surface area (Å²) in [6.45, 7) is 4.15. The number of hydrogen-bond acceptors (Lipinski definition) is 4. The molecule has 1 aromatic rings. The van der Waals surface area contributed by atoms with Crippen LogP contribution in [0.2, 0.25) is 0 Å². The van der Waals surface area contributed by atoms with E-state index in [1.54, 1.807) is 6.92 Å². The highest BCUT2D eigenvalue weighted by molar-refractivity contribution is 5.89. The van der Waals surface area contributed by atoms with Crippen molar-refractivity contribution in [3.8, 4) is 6.07 Å². The molecule has 1 aromatic carbocycles. The van der Waals surface area contributed by atoms with Crippen LogP contribution in [0.5, 0.6) is 0 Å². The maximum absolute atomic E-state index is 9.14. The van der Waals surface area contributed by atoms with Crippen molar-refractivity contribution in [2.24, 2.45) is 0 Å². The van der Waals surface area contributed by atoms with E-state index in [4.69, 9.17) is 20.1 Å². The molecule has 0 aromatic heterocycles. The third kappa shape index (κ3) is 1.90. The van der Waals surface area contributed by atoms with Crippen LogP contribution in [0.15, 0.2) is 24.3 Å². The predicted octanol–water partition coefficient (Wildman–Crippen LogP) is 2.34. The van der Waals surface area contributed by atoms with Gasteiger partial charge in [0.15, 0.2) is 0 Å². The average Bonchev–Trinajstić information content (AvgIpc) is 3.06. The second-order valence-electron chi connectivity index (χ2n) is 4.02.